The van der Waals surface area contributed by atoms with Gasteiger partial charge in [0.15, 0.2) is 11.8 Å². The van der Waals surface area contributed by atoms with Gasteiger partial charge in [0.05, 0.1) is 53.9 Å². The Morgan fingerprint density at radius 3 is 2.75 bits per heavy atom. The van der Waals surface area contributed by atoms with Crippen molar-refractivity contribution < 1.29 is 23.9 Å². The van der Waals surface area contributed by atoms with Gasteiger partial charge in [-0.05, 0) is 35.7 Å². The Morgan fingerprint density at radius 2 is 2.05 bits per heavy atom. The number of aromatic amines is 1. The molecule has 0 saturated carbocycles. The summed E-state index contributed by atoms with van der Waals surface area (Å²) < 4.78 is 26.2. The SMILES string of the molecule is C=S(C)(=O)Nc1ccc2c(n1)CN(c1ccc(-c3nc4nc(OC(CO)C5CC(O)CO5)[nH]c4cc3Cl)cc1)C2. The van der Waals surface area contributed by atoms with E-state index >= 15 is 0 Å². The Labute approximate surface area is 236 Å². The molecule has 40 heavy (non-hydrogen) atoms. The van der Waals surface area contributed by atoms with Crippen LogP contribution in [-0.4, -0.2) is 78.0 Å². The maximum absolute atomic E-state index is 12.0. The molecule has 0 spiro atoms. The Morgan fingerprint density at radius 1 is 1.25 bits per heavy atom. The average molecular weight is 585 g/mol. The molecule has 4 atom stereocenters. The number of anilines is 2. The minimum atomic E-state index is -2.40. The first-order valence-corrected chi connectivity index (χ1v) is 15.2. The number of nitrogens with zero attached hydrogens (tertiary/aromatic N) is 4. The van der Waals surface area contributed by atoms with Crippen molar-refractivity contribution >= 4 is 49.8 Å². The van der Waals surface area contributed by atoms with Crippen molar-refractivity contribution in [2.24, 2.45) is 0 Å². The quantitative estimate of drug-likeness (QED) is 0.230. The van der Waals surface area contributed by atoms with Crippen LogP contribution in [0.15, 0.2) is 42.5 Å². The smallest absolute Gasteiger partial charge is 0.296 e. The lowest BCUT2D eigenvalue weighted by Gasteiger charge is -2.20. The van der Waals surface area contributed by atoms with Crippen LogP contribution in [-0.2, 0) is 27.5 Å². The summed E-state index contributed by atoms with van der Waals surface area (Å²) in [6.07, 6.45) is 0.244. The number of rotatable bonds is 8. The Kier molecular flexibility index (Phi) is 7.05. The molecule has 13 heteroatoms. The third-order valence-corrected chi connectivity index (χ3v) is 7.80. The molecule has 2 aliphatic rings. The summed E-state index contributed by atoms with van der Waals surface area (Å²) in [6, 6.07) is 13.7. The van der Waals surface area contributed by atoms with Crippen molar-refractivity contribution in [1.82, 2.24) is 19.9 Å². The molecule has 4 aromatic rings. The van der Waals surface area contributed by atoms with Crippen molar-refractivity contribution in [3.05, 3.63) is 58.7 Å². The molecule has 4 N–H and O–H groups in total. The molecule has 0 amide bonds. The highest BCUT2D eigenvalue weighted by Crippen LogP contribution is 2.33. The molecule has 4 unspecified atom stereocenters. The second-order valence-corrected chi connectivity index (χ2v) is 12.8. The predicted octanol–water partition coefficient (Wildman–Crippen LogP) is 2.76. The van der Waals surface area contributed by atoms with E-state index in [1.165, 1.54) is 0 Å². The molecular formula is C27H29ClN6O5S. The summed E-state index contributed by atoms with van der Waals surface area (Å²) in [4.78, 5) is 19.0. The number of H-pyrrole nitrogens is 1. The number of benzene rings is 1. The predicted molar refractivity (Wildman–Crippen MR) is 155 cm³/mol. The van der Waals surface area contributed by atoms with Crippen LogP contribution in [0, 0.1) is 0 Å². The monoisotopic (exact) mass is 584 g/mol. The lowest BCUT2D eigenvalue weighted by Crippen LogP contribution is -2.35. The molecule has 0 radical (unpaired) electrons. The van der Waals surface area contributed by atoms with E-state index in [9.17, 15) is 14.4 Å². The minimum Gasteiger partial charge on any atom is -0.456 e. The van der Waals surface area contributed by atoms with E-state index in [0.717, 1.165) is 22.5 Å². The number of ether oxygens (including phenoxy) is 2. The van der Waals surface area contributed by atoms with Crippen LogP contribution in [0.25, 0.3) is 22.4 Å². The zero-order chi connectivity index (χ0) is 28.0. The van der Waals surface area contributed by atoms with Crippen molar-refractivity contribution in [3.8, 4) is 17.3 Å². The van der Waals surface area contributed by atoms with Gasteiger partial charge in [-0.15, -0.1) is 0 Å². The van der Waals surface area contributed by atoms with Gasteiger partial charge in [0, 0.05) is 40.2 Å². The Balaban J connectivity index is 1.18. The molecule has 1 fully saturated rings. The first-order chi connectivity index (χ1) is 19.1. The molecule has 1 saturated heterocycles. The third kappa shape index (κ3) is 5.58. The zero-order valence-corrected chi connectivity index (χ0v) is 23.3. The van der Waals surface area contributed by atoms with Crippen molar-refractivity contribution in [1.29, 1.82) is 0 Å². The number of fused-ring (bicyclic) bond motifs is 2. The number of hydrogen-bond donors (Lipinski definition) is 4. The van der Waals surface area contributed by atoms with E-state index < -0.39 is 28.0 Å². The lowest BCUT2D eigenvalue weighted by molar-refractivity contribution is -0.0191. The second kappa shape index (κ2) is 10.5. The minimum absolute atomic E-state index is 0.187. The van der Waals surface area contributed by atoms with E-state index in [1.54, 1.807) is 12.3 Å². The Bertz CT molecular complexity index is 1660. The first-order valence-electron chi connectivity index (χ1n) is 12.7. The van der Waals surface area contributed by atoms with Crippen LogP contribution in [0.5, 0.6) is 6.01 Å². The summed E-state index contributed by atoms with van der Waals surface area (Å²) in [5.74, 6) is 4.18. The topological polar surface area (TPSA) is 146 Å². The largest absolute Gasteiger partial charge is 0.456 e. The molecule has 1 aromatic carbocycles. The average Bonchev–Trinajstić information content (AvgIpc) is 3.63. The maximum Gasteiger partial charge on any atom is 0.296 e. The molecule has 0 bridgehead atoms. The van der Waals surface area contributed by atoms with Crippen molar-refractivity contribution in [3.63, 3.8) is 0 Å². The summed E-state index contributed by atoms with van der Waals surface area (Å²) in [5, 5.41) is 19.9. The highest BCUT2D eigenvalue weighted by Gasteiger charge is 2.32. The molecule has 11 nitrogen and oxygen atoms in total. The Hall–Kier alpha value is -3.42. The van der Waals surface area contributed by atoms with Gasteiger partial charge >= 0.3 is 0 Å². The van der Waals surface area contributed by atoms with Crippen LogP contribution >= 0.6 is 11.6 Å². The number of imidazole rings is 1. The van der Waals surface area contributed by atoms with Gasteiger partial charge in [-0.25, -0.2) is 14.2 Å². The van der Waals surface area contributed by atoms with E-state index in [4.69, 9.17) is 21.1 Å². The van der Waals surface area contributed by atoms with Gasteiger partial charge in [-0.1, -0.05) is 29.8 Å². The van der Waals surface area contributed by atoms with E-state index in [-0.39, 0.29) is 19.2 Å². The van der Waals surface area contributed by atoms with Gasteiger partial charge in [0.1, 0.15) is 5.82 Å². The molecule has 3 aromatic heterocycles. The van der Waals surface area contributed by atoms with Crippen LogP contribution < -0.4 is 14.4 Å². The van der Waals surface area contributed by atoms with E-state index in [2.05, 4.69) is 35.4 Å². The van der Waals surface area contributed by atoms with Gasteiger partial charge in [0.2, 0.25) is 0 Å². The van der Waals surface area contributed by atoms with Crippen LogP contribution in [0.4, 0.5) is 11.5 Å². The van der Waals surface area contributed by atoms with Gasteiger partial charge < -0.3 is 29.6 Å². The molecule has 5 heterocycles. The molecule has 0 aliphatic carbocycles. The normalized spacial score (nSPS) is 20.9. The summed E-state index contributed by atoms with van der Waals surface area (Å²) >= 11 is 6.60. The molecule has 6 rings (SSSR count). The standard InChI is InChI=1S/C27H29ClN6O5S/c1-40(2,37)33-24-8-5-16-11-34(12-21(16)29-24)17-6-3-15(4-7-17)25-19(28)10-20-26(31-25)32-27(30-20)39-23(13-35)22-9-18(36)14-38-22/h3-8,10,18,22-23,35-36H,1,9,11-14H2,2H3,(H,29,33,37)(H,30,31,32). The van der Waals surface area contributed by atoms with Crippen molar-refractivity contribution in [2.45, 2.75) is 37.8 Å². The fourth-order valence-corrected chi connectivity index (χ4v) is 5.79. The van der Waals surface area contributed by atoms with Crippen LogP contribution in [0.3, 0.4) is 0 Å². The number of halogens is 1. The van der Waals surface area contributed by atoms with Crippen LogP contribution in [0.2, 0.25) is 5.02 Å². The van der Waals surface area contributed by atoms with Gasteiger partial charge in [-0.2, -0.15) is 4.98 Å². The highest BCUT2D eigenvalue weighted by atomic mass is 35.5. The number of aliphatic hydroxyl groups is 2. The fraction of sp³-hybridized carbons (Fsp3) is 0.333. The van der Waals surface area contributed by atoms with Crippen molar-refractivity contribution in [2.75, 3.05) is 29.1 Å². The second-order valence-electron chi connectivity index (χ2n) is 10.1. The molecule has 210 valence electrons. The molecular weight excluding hydrogens is 556 g/mol. The van der Waals surface area contributed by atoms with Crippen LogP contribution in [0.1, 0.15) is 17.7 Å². The summed E-state index contributed by atoms with van der Waals surface area (Å²) in [6.45, 7) is 1.28. The van der Waals surface area contributed by atoms with E-state index in [1.807, 2.05) is 36.4 Å². The zero-order valence-electron chi connectivity index (χ0n) is 21.7. The third-order valence-electron chi connectivity index (χ3n) is 6.87. The lowest BCUT2D eigenvalue weighted by atomic mass is 10.1. The number of hydrogen-bond acceptors (Lipinski definition) is 9. The van der Waals surface area contributed by atoms with Gasteiger partial charge in [0.25, 0.3) is 6.01 Å². The number of nitrogens with one attached hydrogen (secondary N) is 2. The van der Waals surface area contributed by atoms with E-state index in [0.29, 0.717) is 47.2 Å². The fourth-order valence-electron chi connectivity index (χ4n) is 4.97. The molecule has 2 aliphatic heterocycles. The maximum atomic E-state index is 12.0. The highest BCUT2D eigenvalue weighted by molar-refractivity contribution is 8.00. The summed E-state index contributed by atoms with van der Waals surface area (Å²) in [5.41, 5.74) is 5.50. The number of aliphatic hydroxyl groups excluding tert-OH is 2. The van der Waals surface area contributed by atoms with Gasteiger partial charge in [-0.3, -0.25) is 4.72 Å². The number of pyridine rings is 2. The first kappa shape index (κ1) is 26.8. The number of aromatic nitrogens is 4. The summed E-state index contributed by atoms with van der Waals surface area (Å²) in [7, 11) is -2.40.